The normalized spacial score (nSPS) is 23.7. The van der Waals surface area contributed by atoms with Gasteiger partial charge in [-0.1, -0.05) is 78.9 Å². The van der Waals surface area contributed by atoms with E-state index in [0.29, 0.717) is 37.6 Å². The number of phenolic OH excluding ortho intramolecular Hbond substituents is 2. The lowest BCUT2D eigenvalue weighted by atomic mass is 9.75. The zero-order chi connectivity index (χ0) is 30.1. The highest BCUT2D eigenvalue weighted by Gasteiger charge is 2.37. The lowest BCUT2D eigenvalue weighted by Gasteiger charge is -2.29. The Bertz CT molecular complexity index is 1800. The van der Waals surface area contributed by atoms with E-state index in [1.54, 1.807) is 0 Å². The van der Waals surface area contributed by atoms with Gasteiger partial charge in [0.05, 0.1) is 50.8 Å². The molecule has 0 saturated carbocycles. The van der Waals surface area contributed by atoms with Crippen molar-refractivity contribution in [1.82, 2.24) is 0 Å². The summed E-state index contributed by atoms with van der Waals surface area (Å²) in [5, 5.41) is 29.3. The van der Waals surface area contributed by atoms with Crippen LogP contribution in [0, 0.1) is 0 Å². The molecule has 4 saturated heterocycles. The summed E-state index contributed by atoms with van der Waals surface area (Å²) in [6, 6.07) is 27.1. The molecule has 5 aromatic rings. The van der Waals surface area contributed by atoms with Gasteiger partial charge in [0.25, 0.3) is 0 Å². The minimum atomic E-state index is -0.434. The van der Waals surface area contributed by atoms with Crippen LogP contribution in [0.15, 0.2) is 78.9 Å². The Morgan fingerprint density at radius 3 is 1.18 bits per heavy atom. The lowest BCUT2D eigenvalue weighted by Crippen LogP contribution is -2.13. The highest BCUT2D eigenvalue weighted by Crippen LogP contribution is 2.51. The standard InChI is InChI=1S/C39H36O6/c40-38-33(16-25-20-44-25)31(14-23-18-42-23)27-10-4-6-12-29(27)36(38)35(22-8-2-1-3-9-22)37-30-13-7-5-11-28(30)32(15-24-19-43-24)34(39(37)41)17-26-21-45-26/h1-13,23-26,35,40-41H,14-21H2. The van der Waals surface area contributed by atoms with Crippen molar-refractivity contribution in [2.75, 3.05) is 26.4 Å². The van der Waals surface area contributed by atoms with Crippen molar-refractivity contribution in [1.29, 1.82) is 0 Å². The topological polar surface area (TPSA) is 90.6 Å². The molecule has 9 rings (SSSR count). The Morgan fingerprint density at radius 1 is 0.467 bits per heavy atom. The zero-order valence-corrected chi connectivity index (χ0v) is 25.1. The number of epoxide rings is 4. The minimum absolute atomic E-state index is 0.0993. The fourth-order valence-corrected chi connectivity index (χ4v) is 7.42. The van der Waals surface area contributed by atoms with Crippen molar-refractivity contribution < 1.29 is 29.2 Å². The van der Waals surface area contributed by atoms with E-state index in [1.807, 2.05) is 30.3 Å². The lowest BCUT2D eigenvalue weighted by molar-refractivity contribution is 0.395. The molecule has 2 N–H and O–H groups in total. The van der Waals surface area contributed by atoms with Gasteiger partial charge in [-0.05, 0) is 38.2 Å². The summed E-state index contributed by atoms with van der Waals surface area (Å²) in [7, 11) is 0. The second kappa shape index (κ2) is 10.8. The SMILES string of the molecule is Oc1c(CC2CO2)c(CC2CO2)c2ccccc2c1C(c1ccccc1)c1c(O)c(CC2CO2)c(CC2CO2)c2ccccc12. The molecule has 4 aliphatic rings. The maximum absolute atomic E-state index is 12.5. The predicted octanol–water partition coefficient (Wildman–Crippen LogP) is 6.35. The van der Waals surface area contributed by atoms with Crippen LogP contribution in [0.2, 0.25) is 0 Å². The summed E-state index contributed by atoms with van der Waals surface area (Å²) < 4.78 is 22.8. The molecule has 228 valence electrons. The fourth-order valence-electron chi connectivity index (χ4n) is 7.42. The summed E-state index contributed by atoms with van der Waals surface area (Å²) >= 11 is 0. The Balaban J connectivity index is 1.36. The van der Waals surface area contributed by atoms with Crippen LogP contribution in [0.25, 0.3) is 21.5 Å². The summed E-state index contributed by atoms with van der Waals surface area (Å²) in [5.41, 5.74) is 6.79. The van der Waals surface area contributed by atoms with Crippen molar-refractivity contribution in [2.24, 2.45) is 0 Å². The van der Waals surface area contributed by atoms with Gasteiger partial charge in [-0.25, -0.2) is 0 Å². The van der Waals surface area contributed by atoms with Crippen LogP contribution in [-0.4, -0.2) is 61.1 Å². The van der Waals surface area contributed by atoms with E-state index in [9.17, 15) is 10.2 Å². The van der Waals surface area contributed by atoms with E-state index >= 15 is 0 Å². The van der Waals surface area contributed by atoms with Gasteiger partial charge < -0.3 is 29.2 Å². The second-order valence-corrected chi connectivity index (χ2v) is 13.0. The van der Waals surface area contributed by atoms with Gasteiger partial charge in [0.15, 0.2) is 0 Å². The van der Waals surface area contributed by atoms with Crippen molar-refractivity contribution in [3.63, 3.8) is 0 Å². The number of aromatic hydroxyl groups is 2. The van der Waals surface area contributed by atoms with Gasteiger partial charge in [0.1, 0.15) is 11.5 Å². The molecule has 4 fully saturated rings. The monoisotopic (exact) mass is 600 g/mol. The summed E-state index contributed by atoms with van der Waals surface area (Å²) in [4.78, 5) is 0. The molecule has 4 unspecified atom stereocenters. The zero-order valence-electron chi connectivity index (χ0n) is 25.1. The van der Waals surface area contributed by atoms with Gasteiger partial charge in [-0.2, -0.15) is 0 Å². The first kappa shape index (κ1) is 27.4. The Kier molecular flexibility index (Phi) is 6.60. The molecule has 5 aromatic carbocycles. The van der Waals surface area contributed by atoms with E-state index < -0.39 is 5.92 Å². The van der Waals surface area contributed by atoms with Gasteiger partial charge in [0, 0.05) is 53.9 Å². The van der Waals surface area contributed by atoms with Crippen LogP contribution in [0.4, 0.5) is 0 Å². The van der Waals surface area contributed by atoms with Crippen molar-refractivity contribution in [3.05, 3.63) is 118 Å². The fraction of sp³-hybridized carbons (Fsp3) is 0.333. The van der Waals surface area contributed by atoms with Gasteiger partial charge in [-0.3, -0.25) is 0 Å². The molecule has 4 atom stereocenters. The first-order valence-electron chi connectivity index (χ1n) is 16.2. The van der Waals surface area contributed by atoms with E-state index in [0.717, 1.165) is 86.5 Å². The smallest absolute Gasteiger partial charge is 0.123 e. The van der Waals surface area contributed by atoms with Crippen LogP contribution in [0.3, 0.4) is 0 Å². The maximum atomic E-state index is 12.5. The Morgan fingerprint density at radius 2 is 0.800 bits per heavy atom. The first-order chi connectivity index (χ1) is 22.1. The van der Waals surface area contributed by atoms with Crippen LogP contribution in [0.1, 0.15) is 44.9 Å². The van der Waals surface area contributed by atoms with Crippen LogP contribution in [-0.2, 0) is 44.6 Å². The number of benzene rings is 5. The molecule has 6 nitrogen and oxygen atoms in total. The minimum Gasteiger partial charge on any atom is -0.507 e. The third-order valence-electron chi connectivity index (χ3n) is 9.94. The molecular weight excluding hydrogens is 564 g/mol. The average molecular weight is 601 g/mol. The number of hydrogen-bond acceptors (Lipinski definition) is 6. The van der Waals surface area contributed by atoms with Gasteiger partial charge >= 0.3 is 0 Å². The molecule has 0 radical (unpaired) electrons. The molecule has 45 heavy (non-hydrogen) atoms. The number of phenols is 2. The second-order valence-electron chi connectivity index (χ2n) is 13.0. The summed E-state index contributed by atoms with van der Waals surface area (Å²) in [6.07, 6.45) is 3.34. The number of ether oxygens (including phenoxy) is 4. The molecule has 0 aliphatic carbocycles. The average Bonchev–Trinajstić information content (AvgIpc) is 3.86. The molecule has 6 heteroatoms. The highest BCUT2D eigenvalue weighted by molar-refractivity contribution is 5.98. The number of hydrogen-bond donors (Lipinski definition) is 2. The summed E-state index contributed by atoms with van der Waals surface area (Å²) in [5.74, 6) is 0.149. The molecule has 0 amide bonds. The van der Waals surface area contributed by atoms with Crippen LogP contribution in [0.5, 0.6) is 11.5 Å². The third-order valence-corrected chi connectivity index (χ3v) is 9.94. The van der Waals surface area contributed by atoms with Crippen LogP contribution >= 0.6 is 0 Å². The van der Waals surface area contributed by atoms with Gasteiger partial charge in [0.2, 0.25) is 0 Å². The summed E-state index contributed by atoms with van der Waals surface area (Å²) in [6.45, 7) is 2.89. The Labute approximate surface area is 262 Å². The molecule has 0 bridgehead atoms. The van der Waals surface area contributed by atoms with Crippen molar-refractivity contribution in [2.45, 2.75) is 56.0 Å². The first-order valence-corrected chi connectivity index (χ1v) is 16.2. The number of fused-ring (bicyclic) bond motifs is 2. The third kappa shape index (κ3) is 5.16. The quantitative estimate of drug-likeness (QED) is 0.136. The van der Waals surface area contributed by atoms with Crippen molar-refractivity contribution >= 4 is 21.5 Å². The van der Waals surface area contributed by atoms with Crippen molar-refractivity contribution in [3.8, 4) is 11.5 Å². The molecule has 4 heterocycles. The van der Waals surface area contributed by atoms with E-state index in [-0.39, 0.29) is 24.4 Å². The largest absolute Gasteiger partial charge is 0.507 e. The Hall–Kier alpha value is -3.94. The number of rotatable bonds is 11. The predicted molar refractivity (Wildman–Crippen MR) is 172 cm³/mol. The highest BCUT2D eigenvalue weighted by atomic mass is 16.6. The van der Waals surface area contributed by atoms with E-state index in [2.05, 4.69) is 48.5 Å². The molecule has 0 aromatic heterocycles. The molecular formula is C39H36O6. The van der Waals surface area contributed by atoms with Crippen LogP contribution < -0.4 is 0 Å². The molecule has 0 spiro atoms. The van der Waals surface area contributed by atoms with E-state index in [4.69, 9.17) is 18.9 Å². The molecule has 4 aliphatic heterocycles. The van der Waals surface area contributed by atoms with Gasteiger partial charge in [-0.15, -0.1) is 0 Å². The maximum Gasteiger partial charge on any atom is 0.123 e. The van der Waals surface area contributed by atoms with E-state index in [1.165, 1.54) is 0 Å².